The zero-order chi connectivity index (χ0) is 12.1. The fraction of sp³-hybridized carbons (Fsp3) is 0.500. The topological polar surface area (TPSA) is 61.8 Å². The molecular formula is C10H16ClN3OS. The molecule has 0 spiro atoms. The predicted octanol–water partition coefficient (Wildman–Crippen LogP) is 2.36. The van der Waals surface area contributed by atoms with Crippen molar-refractivity contribution in [3.8, 4) is 0 Å². The first kappa shape index (κ1) is 13.3. The van der Waals surface area contributed by atoms with Crippen LogP contribution in [0, 0.1) is 0 Å². The third-order valence-corrected chi connectivity index (χ3v) is 3.43. The summed E-state index contributed by atoms with van der Waals surface area (Å²) in [6.07, 6.45) is 0. The molecule has 0 aromatic carbocycles. The van der Waals surface area contributed by atoms with Crippen molar-refractivity contribution in [1.29, 1.82) is 0 Å². The highest BCUT2D eigenvalue weighted by Crippen LogP contribution is 2.23. The molecule has 3 N–H and O–H groups in total. The lowest BCUT2D eigenvalue weighted by Gasteiger charge is -2.24. The van der Waals surface area contributed by atoms with E-state index in [1.807, 2.05) is 12.1 Å². The van der Waals surface area contributed by atoms with E-state index in [9.17, 15) is 0 Å². The van der Waals surface area contributed by atoms with Crippen molar-refractivity contribution in [2.75, 3.05) is 6.54 Å². The van der Waals surface area contributed by atoms with E-state index in [1.165, 1.54) is 4.88 Å². The Labute approximate surface area is 104 Å². The molecule has 0 aliphatic rings. The summed E-state index contributed by atoms with van der Waals surface area (Å²) in [4.78, 5) is 3.28. The summed E-state index contributed by atoms with van der Waals surface area (Å²) in [6.45, 7) is 5.34. The lowest BCUT2D eigenvalue weighted by molar-refractivity contribution is 0.240. The lowest BCUT2D eigenvalue weighted by atomic mass is 10.3. The van der Waals surface area contributed by atoms with Gasteiger partial charge >= 0.3 is 0 Å². The first-order valence-corrected chi connectivity index (χ1v) is 6.17. The maximum atomic E-state index is 8.55. The van der Waals surface area contributed by atoms with Gasteiger partial charge in [-0.3, -0.25) is 4.90 Å². The Morgan fingerprint density at radius 3 is 2.75 bits per heavy atom. The number of nitrogens with two attached hydrogens (primary N) is 1. The number of nitrogens with zero attached hydrogens (tertiary/aromatic N) is 2. The van der Waals surface area contributed by atoms with Crippen LogP contribution in [-0.2, 0) is 6.54 Å². The van der Waals surface area contributed by atoms with Crippen LogP contribution in [0.25, 0.3) is 0 Å². The Kier molecular flexibility index (Phi) is 5.05. The molecule has 0 aliphatic heterocycles. The highest BCUT2D eigenvalue weighted by molar-refractivity contribution is 7.16. The van der Waals surface area contributed by atoms with Crippen LogP contribution in [0.4, 0.5) is 0 Å². The minimum atomic E-state index is 0.219. The molecule has 4 nitrogen and oxygen atoms in total. The number of rotatable bonds is 5. The molecule has 1 aromatic rings. The normalized spacial score (nSPS) is 12.7. The minimum absolute atomic E-state index is 0.219. The zero-order valence-electron chi connectivity index (χ0n) is 9.35. The van der Waals surface area contributed by atoms with Crippen LogP contribution < -0.4 is 5.73 Å². The monoisotopic (exact) mass is 261 g/mol. The van der Waals surface area contributed by atoms with Crippen molar-refractivity contribution >= 4 is 28.8 Å². The van der Waals surface area contributed by atoms with Gasteiger partial charge in [0.25, 0.3) is 0 Å². The van der Waals surface area contributed by atoms with E-state index in [0.29, 0.717) is 12.6 Å². The molecule has 1 aromatic heterocycles. The molecule has 6 heteroatoms. The fourth-order valence-corrected chi connectivity index (χ4v) is 2.41. The third kappa shape index (κ3) is 4.00. The molecule has 0 fully saturated rings. The SMILES string of the molecule is CC(C)N(CC(N)=NO)Cc1ccc(Cl)s1. The first-order chi connectivity index (χ1) is 7.52. The van der Waals surface area contributed by atoms with Crippen LogP contribution in [0.2, 0.25) is 4.34 Å². The van der Waals surface area contributed by atoms with Gasteiger partial charge in [-0.1, -0.05) is 16.8 Å². The Hall–Kier alpha value is -0.780. The fourth-order valence-electron chi connectivity index (χ4n) is 1.30. The van der Waals surface area contributed by atoms with Crippen molar-refractivity contribution in [3.63, 3.8) is 0 Å². The first-order valence-electron chi connectivity index (χ1n) is 4.97. The minimum Gasteiger partial charge on any atom is -0.409 e. The largest absolute Gasteiger partial charge is 0.409 e. The summed E-state index contributed by atoms with van der Waals surface area (Å²) in [6, 6.07) is 4.19. The molecule has 1 rings (SSSR count). The average molecular weight is 262 g/mol. The molecule has 90 valence electrons. The second-order valence-corrected chi connectivity index (χ2v) is 5.60. The number of hydrogen-bond acceptors (Lipinski definition) is 4. The number of hydrogen-bond donors (Lipinski definition) is 2. The second-order valence-electron chi connectivity index (χ2n) is 3.80. The van der Waals surface area contributed by atoms with Gasteiger partial charge in [0.15, 0.2) is 5.84 Å². The summed E-state index contributed by atoms with van der Waals surface area (Å²) in [5.41, 5.74) is 5.51. The molecule has 0 amide bonds. The Morgan fingerprint density at radius 2 is 2.31 bits per heavy atom. The molecule has 0 saturated heterocycles. The summed E-state index contributed by atoms with van der Waals surface area (Å²) in [5.74, 6) is 0.219. The van der Waals surface area contributed by atoms with Crippen LogP contribution in [0.1, 0.15) is 18.7 Å². The van der Waals surface area contributed by atoms with E-state index in [2.05, 4.69) is 23.9 Å². The zero-order valence-corrected chi connectivity index (χ0v) is 10.9. The van der Waals surface area contributed by atoms with Crippen molar-refractivity contribution in [1.82, 2.24) is 4.90 Å². The summed E-state index contributed by atoms with van der Waals surface area (Å²) in [7, 11) is 0. The van der Waals surface area contributed by atoms with E-state index >= 15 is 0 Å². The van der Waals surface area contributed by atoms with E-state index in [4.69, 9.17) is 22.5 Å². The number of halogens is 1. The number of oxime groups is 1. The molecule has 16 heavy (non-hydrogen) atoms. The molecule has 0 bridgehead atoms. The van der Waals surface area contributed by atoms with Crippen molar-refractivity contribution in [2.24, 2.45) is 10.9 Å². The van der Waals surface area contributed by atoms with Gasteiger partial charge in [-0.05, 0) is 26.0 Å². The molecule has 0 atom stereocenters. The van der Waals surface area contributed by atoms with E-state index in [0.717, 1.165) is 10.9 Å². The molecular weight excluding hydrogens is 246 g/mol. The lowest BCUT2D eigenvalue weighted by Crippen LogP contribution is -2.37. The van der Waals surface area contributed by atoms with E-state index in [-0.39, 0.29) is 5.84 Å². The van der Waals surface area contributed by atoms with Gasteiger partial charge < -0.3 is 10.9 Å². The maximum absolute atomic E-state index is 8.55. The average Bonchev–Trinajstić information content (AvgIpc) is 2.62. The van der Waals surface area contributed by atoms with Crippen LogP contribution in [0.5, 0.6) is 0 Å². The summed E-state index contributed by atoms with van der Waals surface area (Å²) in [5, 5.41) is 11.5. The van der Waals surface area contributed by atoms with Gasteiger partial charge in [0, 0.05) is 17.5 Å². The molecule has 0 unspecified atom stereocenters. The highest BCUT2D eigenvalue weighted by atomic mass is 35.5. The van der Waals surface area contributed by atoms with Crippen LogP contribution in [0.15, 0.2) is 17.3 Å². The number of thiophene rings is 1. The van der Waals surface area contributed by atoms with E-state index in [1.54, 1.807) is 11.3 Å². The molecule has 0 saturated carbocycles. The Bertz CT molecular complexity index is 365. The van der Waals surface area contributed by atoms with Gasteiger partial charge in [-0.25, -0.2) is 0 Å². The quantitative estimate of drug-likeness (QED) is 0.370. The van der Waals surface area contributed by atoms with Gasteiger partial charge in [0.05, 0.1) is 10.9 Å². The molecule has 0 radical (unpaired) electrons. The number of amidine groups is 1. The van der Waals surface area contributed by atoms with Crippen LogP contribution >= 0.6 is 22.9 Å². The predicted molar refractivity (Wildman–Crippen MR) is 68.3 cm³/mol. The van der Waals surface area contributed by atoms with Crippen molar-refractivity contribution < 1.29 is 5.21 Å². The molecule has 1 heterocycles. The van der Waals surface area contributed by atoms with Crippen molar-refractivity contribution in [3.05, 3.63) is 21.3 Å². The van der Waals surface area contributed by atoms with Gasteiger partial charge in [0.2, 0.25) is 0 Å². The summed E-state index contributed by atoms with van der Waals surface area (Å²) < 4.78 is 0.780. The van der Waals surface area contributed by atoms with Gasteiger partial charge in [-0.2, -0.15) is 0 Å². The smallest absolute Gasteiger partial charge is 0.153 e. The van der Waals surface area contributed by atoms with E-state index < -0.39 is 0 Å². The van der Waals surface area contributed by atoms with Crippen molar-refractivity contribution in [2.45, 2.75) is 26.4 Å². The van der Waals surface area contributed by atoms with Gasteiger partial charge in [0.1, 0.15) is 0 Å². The second kappa shape index (κ2) is 6.08. The highest BCUT2D eigenvalue weighted by Gasteiger charge is 2.13. The summed E-state index contributed by atoms with van der Waals surface area (Å²) >= 11 is 7.42. The van der Waals surface area contributed by atoms with Crippen LogP contribution in [0.3, 0.4) is 0 Å². The third-order valence-electron chi connectivity index (χ3n) is 2.21. The Balaban J connectivity index is 2.65. The van der Waals surface area contributed by atoms with Crippen LogP contribution in [-0.4, -0.2) is 28.5 Å². The Morgan fingerprint density at radius 1 is 1.62 bits per heavy atom. The standard InChI is InChI=1S/C10H16ClN3OS/c1-7(2)14(6-10(12)13-15)5-8-3-4-9(11)16-8/h3-4,7,15H,5-6H2,1-2H3,(H2,12,13). The maximum Gasteiger partial charge on any atom is 0.153 e. The molecule has 0 aliphatic carbocycles. The van der Waals surface area contributed by atoms with Gasteiger partial charge in [-0.15, -0.1) is 11.3 Å².